The normalized spacial score (nSPS) is 11.6. The second-order valence-corrected chi connectivity index (χ2v) is 4.82. The van der Waals surface area contributed by atoms with E-state index in [1.165, 1.54) is 12.1 Å². The summed E-state index contributed by atoms with van der Waals surface area (Å²) in [6.07, 6.45) is 3.93. The van der Waals surface area contributed by atoms with Gasteiger partial charge < -0.3 is 9.30 Å². The number of aromatic nitrogens is 1. The van der Waals surface area contributed by atoms with Gasteiger partial charge in [0.1, 0.15) is 11.8 Å². The lowest BCUT2D eigenvalue weighted by atomic mass is 10.1. The second-order valence-electron chi connectivity index (χ2n) is 4.82. The molecule has 1 unspecified atom stereocenters. The Morgan fingerprint density at radius 1 is 1.38 bits per heavy atom. The van der Waals surface area contributed by atoms with Crippen LogP contribution in [0.2, 0.25) is 0 Å². The van der Waals surface area contributed by atoms with Gasteiger partial charge in [0.15, 0.2) is 5.56 Å². The number of rotatable bonds is 6. The van der Waals surface area contributed by atoms with Crippen molar-refractivity contribution in [2.75, 3.05) is 6.61 Å². The molecule has 108 valence electrons. The number of nitrogens with zero attached hydrogens (tertiary/aromatic N) is 3. The van der Waals surface area contributed by atoms with Crippen LogP contribution in [0.15, 0.2) is 42.7 Å². The van der Waals surface area contributed by atoms with Gasteiger partial charge >= 0.3 is 0 Å². The highest BCUT2D eigenvalue weighted by Crippen LogP contribution is 2.27. The summed E-state index contributed by atoms with van der Waals surface area (Å²) in [7, 11) is 0. The van der Waals surface area contributed by atoms with Gasteiger partial charge in [0.25, 0.3) is 5.69 Å². The molecule has 1 atom stereocenters. The highest BCUT2D eigenvalue weighted by Gasteiger charge is 2.18. The molecule has 0 spiro atoms. The Hall–Kier alpha value is -2.81. The van der Waals surface area contributed by atoms with Crippen molar-refractivity contribution in [3.63, 3.8) is 0 Å². The zero-order valence-corrected chi connectivity index (χ0v) is 11.6. The Kier molecular flexibility index (Phi) is 4.57. The first-order valence-electron chi connectivity index (χ1n) is 6.53. The summed E-state index contributed by atoms with van der Waals surface area (Å²) < 4.78 is 7.62. The first-order valence-corrected chi connectivity index (χ1v) is 6.53. The van der Waals surface area contributed by atoms with E-state index < -0.39 is 4.92 Å². The molecular formula is C15H15N3O3. The minimum Gasteiger partial charge on any atom is -0.492 e. The van der Waals surface area contributed by atoms with Crippen molar-refractivity contribution in [1.82, 2.24) is 4.57 Å². The smallest absolute Gasteiger partial charge is 0.290 e. The van der Waals surface area contributed by atoms with Gasteiger partial charge in [-0.05, 0) is 18.2 Å². The van der Waals surface area contributed by atoms with Gasteiger partial charge in [-0.25, -0.2) is 0 Å². The van der Waals surface area contributed by atoms with Gasteiger partial charge in [0, 0.05) is 30.9 Å². The van der Waals surface area contributed by atoms with E-state index in [4.69, 9.17) is 10.00 Å². The maximum atomic E-state index is 10.9. The fraction of sp³-hybridized carbons (Fsp3) is 0.267. The van der Waals surface area contributed by atoms with Crippen LogP contribution in [-0.2, 0) is 6.54 Å². The van der Waals surface area contributed by atoms with E-state index in [0.29, 0.717) is 6.61 Å². The van der Waals surface area contributed by atoms with Crippen molar-refractivity contribution in [2.24, 2.45) is 5.92 Å². The molecule has 0 amide bonds. The zero-order chi connectivity index (χ0) is 15.2. The first-order chi connectivity index (χ1) is 10.1. The molecule has 1 heterocycles. The summed E-state index contributed by atoms with van der Waals surface area (Å²) in [5.74, 6) is 0.467. The standard InChI is InChI=1S/C15H15N3O3/c1-12(10-17-7-2-3-8-17)11-21-15-6-4-5-14(18(19)20)13(15)9-16/h2-8,12H,10-11H2,1H3. The van der Waals surface area contributed by atoms with Crippen LogP contribution in [0.25, 0.3) is 0 Å². The lowest BCUT2D eigenvalue weighted by Gasteiger charge is -2.14. The van der Waals surface area contributed by atoms with Gasteiger partial charge in [-0.15, -0.1) is 0 Å². The molecule has 2 rings (SSSR count). The van der Waals surface area contributed by atoms with Gasteiger partial charge in [-0.2, -0.15) is 5.26 Å². The highest BCUT2D eigenvalue weighted by atomic mass is 16.6. The van der Waals surface area contributed by atoms with E-state index in [0.717, 1.165) is 6.54 Å². The summed E-state index contributed by atoms with van der Waals surface area (Å²) in [6.45, 7) is 3.18. The lowest BCUT2D eigenvalue weighted by molar-refractivity contribution is -0.385. The van der Waals surface area contributed by atoms with Crippen LogP contribution in [0.4, 0.5) is 5.69 Å². The highest BCUT2D eigenvalue weighted by molar-refractivity contribution is 5.56. The Balaban J connectivity index is 2.05. The molecule has 0 aliphatic heterocycles. The van der Waals surface area contributed by atoms with Crippen LogP contribution < -0.4 is 4.74 Å². The molecule has 1 aromatic carbocycles. The van der Waals surface area contributed by atoms with Crippen molar-refractivity contribution in [1.29, 1.82) is 5.26 Å². The third-order valence-corrected chi connectivity index (χ3v) is 3.02. The van der Waals surface area contributed by atoms with Gasteiger partial charge in [-0.1, -0.05) is 13.0 Å². The van der Waals surface area contributed by atoms with Crippen LogP contribution in [0.3, 0.4) is 0 Å². The number of nitro groups is 1. The molecule has 6 heteroatoms. The number of ether oxygens (including phenoxy) is 1. The average Bonchev–Trinajstić information content (AvgIpc) is 2.97. The summed E-state index contributed by atoms with van der Waals surface area (Å²) in [4.78, 5) is 10.3. The van der Waals surface area contributed by atoms with Crippen molar-refractivity contribution < 1.29 is 9.66 Å². The molecule has 0 radical (unpaired) electrons. The van der Waals surface area contributed by atoms with Crippen LogP contribution >= 0.6 is 0 Å². The maximum absolute atomic E-state index is 10.9. The SMILES string of the molecule is CC(COc1cccc([N+](=O)[O-])c1C#N)Cn1cccc1. The van der Waals surface area contributed by atoms with E-state index in [9.17, 15) is 10.1 Å². The minimum atomic E-state index is -0.575. The van der Waals surface area contributed by atoms with Gasteiger partial charge in [0.05, 0.1) is 11.5 Å². The largest absolute Gasteiger partial charge is 0.492 e. The molecule has 0 fully saturated rings. The Morgan fingerprint density at radius 2 is 2.10 bits per heavy atom. The minimum absolute atomic E-state index is 0.0318. The summed E-state index contributed by atoms with van der Waals surface area (Å²) >= 11 is 0. The fourth-order valence-corrected chi connectivity index (χ4v) is 2.04. The topological polar surface area (TPSA) is 81.1 Å². The van der Waals surface area contributed by atoms with Gasteiger partial charge in [0.2, 0.25) is 0 Å². The van der Waals surface area contributed by atoms with E-state index >= 15 is 0 Å². The molecule has 1 aromatic heterocycles. The molecule has 6 nitrogen and oxygen atoms in total. The van der Waals surface area contributed by atoms with Crippen LogP contribution in [0, 0.1) is 27.4 Å². The molecule has 0 aliphatic rings. The number of nitriles is 1. The summed E-state index contributed by atoms with van der Waals surface area (Å²) in [6, 6.07) is 10.1. The van der Waals surface area contributed by atoms with Gasteiger partial charge in [-0.3, -0.25) is 10.1 Å². The fourth-order valence-electron chi connectivity index (χ4n) is 2.04. The summed E-state index contributed by atoms with van der Waals surface area (Å²) in [5, 5.41) is 20.0. The number of hydrogen-bond donors (Lipinski definition) is 0. The Bertz CT molecular complexity index is 659. The first kappa shape index (κ1) is 14.6. The predicted molar refractivity (Wildman–Crippen MR) is 76.9 cm³/mol. The number of benzene rings is 1. The third-order valence-electron chi connectivity index (χ3n) is 3.02. The van der Waals surface area contributed by atoms with E-state index in [2.05, 4.69) is 0 Å². The molecule has 0 saturated carbocycles. The molecular weight excluding hydrogens is 270 g/mol. The van der Waals surface area contributed by atoms with Crippen molar-refractivity contribution >= 4 is 5.69 Å². The van der Waals surface area contributed by atoms with E-state index in [1.807, 2.05) is 42.1 Å². The molecule has 0 aliphatic carbocycles. The van der Waals surface area contributed by atoms with Crippen LogP contribution in [0.5, 0.6) is 5.75 Å². The molecule has 0 N–H and O–H groups in total. The summed E-state index contributed by atoms with van der Waals surface area (Å²) in [5.41, 5.74) is -0.260. The van der Waals surface area contributed by atoms with Crippen LogP contribution in [-0.4, -0.2) is 16.1 Å². The molecule has 21 heavy (non-hydrogen) atoms. The van der Waals surface area contributed by atoms with E-state index in [1.54, 1.807) is 6.07 Å². The molecule has 0 bridgehead atoms. The Morgan fingerprint density at radius 3 is 2.71 bits per heavy atom. The second kappa shape index (κ2) is 6.57. The average molecular weight is 285 g/mol. The van der Waals surface area contributed by atoms with Crippen molar-refractivity contribution in [2.45, 2.75) is 13.5 Å². The van der Waals surface area contributed by atoms with Crippen molar-refractivity contribution in [3.05, 3.63) is 58.4 Å². The van der Waals surface area contributed by atoms with Crippen LogP contribution in [0.1, 0.15) is 12.5 Å². The number of hydrogen-bond acceptors (Lipinski definition) is 4. The quantitative estimate of drug-likeness (QED) is 0.603. The molecule has 2 aromatic rings. The third kappa shape index (κ3) is 3.60. The zero-order valence-electron chi connectivity index (χ0n) is 11.6. The van der Waals surface area contributed by atoms with E-state index in [-0.39, 0.29) is 22.9 Å². The predicted octanol–water partition coefficient (Wildman–Crippen LogP) is 2.98. The molecule has 0 saturated heterocycles. The monoisotopic (exact) mass is 285 g/mol. The Labute approximate surface area is 122 Å². The maximum Gasteiger partial charge on any atom is 0.290 e. The van der Waals surface area contributed by atoms with Crippen molar-refractivity contribution in [3.8, 4) is 11.8 Å². The lowest BCUT2D eigenvalue weighted by Crippen LogP contribution is -2.15. The number of nitro benzene ring substituents is 1.